The average molecular weight is 292 g/mol. The highest BCUT2D eigenvalue weighted by atomic mass is 32.2. The molecule has 0 saturated carbocycles. The number of rotatable bonds is 3. The molecule has 0 fully saturated rings. The summed E-state index contributed by atoms with van der Waals surface area (Å²) in [6, 6.07) is 8.30. The number of carbonyl (C=O) groups is 1. The SMILES string of the molecule is COC(=O)C1=C[C@H](C)C(S(=O)(=O)c2ccccc2)=CC1. The van der Waals surface area contributed by atoms with Gasteiger partial charge in [-0.2, -0.15) is 0 Å². The summed E-state index contributed by atoms with van der Waals surface area (Å²) in [7, 11) is -2.19. The maximum atomic E-state index is 12.5. The van der Waals surface area contributed by atoms with E-state index < -0.39 is 15.8 Å². The van der Waals surface area contributed by atoms with Crippen LogP contribution in [0.4, 0.5) is 0 Å². The lowest BCUT2D eigenvalue weighted by atomic mass is 9.98. The number of carbonyl (C=O) groups excluding carboxylic acids is 1. The van der Waals surface area contributed by atoms with Crippen LogP contribution in [0.15, 0.2) is 57.9 Å². The van der Waals surface area contributed by atoms with Crippen molar-refractivity contribution >= 4 is 15.8 Å². The fourth-order valence-corrected chi connectivity index (χ4v) is 3.87. The fourth-order valence-electron chi connectivity index (χ4n) is 2.22. The van der Waals surface area contributed by atoms with Gasteiger partial charge in [0.1, 0.15) is 0 Å². The second-order valence-electron chi connectivity index (χ2n) is 4.60. The Morgan fingerprint density at radius 1 is 1.25 bits per heavy atom. The number of methoxy groups -OCH3 is 1. The molecule has 0 radical (unpaired) electrons. The second-order valence-corrected chi connectivity index (χ2v) is 6.55. The minimum atomic E-state index is -3.50. The van der Waals surface area contributed by atoms with E-state index in [0.717, 1.165) is 0 Å². The molecule has 0 aliphatic heterocycles. The van der Waals surface area contributed by atoms with Crippen LogP contribution in [0.2, 0.25) is 0 Å². The van der Waals surface area contributed by atoms with Crippen molar-refractivity contribution < 1.29 is 17.9 Å². The molecule has 4 nitrogen and oxygen atoms in total. The highest BCUT2D eigenvalue weighted by molar-refractivity contribution is 7.95. The Kier molecular flexibility index (Phi) is 4.09. The van der Waals surface area contributed by atoms with Crippen LogP contribution in [0, 0.1) is 5.92 Å². The van der Waals surface area contributed by atoms with Crippen LogP contribution in [0.1, 0.15) is 13.3 Å². The Hall–Kier alpha value is -1.88. The van der Waals surface area contributed by atoms with Gasteiger partial charge in [0.05, 0.1) is 16.9 Å². The number of benzene rings is 1. The van der Waals surface area contributed by atoms with Crippen molar-refractivity contribution in [3.63, 3.8) is 0 Å². The molecule has 1 atom stereocenters. The quantitative estimate of drug-likeness (QED) is 0.803. The molecule has 1 aliphatic rings. The van der Waals surface area contributed by atoms with Crippen molar-refractivity contribution in [2.24, 2.45) is 5.92 Å². The largest absolute Gasteiger partial charge is 0.466 e. The molecule has 20 heavy (non-hydrogen) atoms. The minimum Gasteiger partial charge on any atom is -0.466 e. The van der Waals surface area contributed by atoms with Crippen LogP contribution in [-0.2, 0) is 19.4 Å². The lowest BCUT2D eigenvalue weighted by molar-refractivity contribution is -0.136. The van der Waals surface area contributed by atoms with E-state index in [9.17, 15) is 13.2 Å². The number of hydrogen-bond donors (Lipinski definition) is 0. The zero-order chi connectivity index (χ0) is 14.8. The Morgan fingerprint density at radius 2 is 1.90 bits per heavy atom. The predicted octanol–water partition coefficient (Wildman–Crippen LogP) is 2.48. The van der Waals surface area contributed by atoms with Gasteiger partial charge in [-0.25, -0.2) is 13.2 Å². The number of ether oxygens (including phenoxy) is 1. The molecule has 0 unspecified atom stereocenters. The molecule has 1 aromatic carbocycles. The van der Waals surface area contributed by atoms with Crippen LogP contribution in [0.25, 0.3) is 0 Å². The van der Waals surface area contributed by atoms with Crippen molar-refractivity contribution in [1.82, 2.24) is 0 Å². The van der Waals surface area contributed by atoms with Crippen molar-refractivity contribution in [2.45, 2.75) is 18.2 Å². The second kappa shape index (κ2) is 5.63. The number of hydrogen-bond acceptors (Lipinski definition) is 4. The highest BCUT2D eigenvalue weighted by Gasteiger charge is 2.28. The van der Waals surface area contributed by atoms with Crippen molar-refractivity contribution in [1.29, 1.82) is 0 Å². The molecule has 2 rings (SSSR count). The fraction of sp³-hybridized carbons (Fsp3) is 0.267. The molecular weight excluding hydrogens is 276 g/mol. The maximum absolute atomic E-state index is 12.5. The zero-order valence-electron chi connectivity index (χ0n) is 11.4. The monoisotopic (exact) mass is 292 g/mol. The first-order valence-electron chi connectivity index (χ1n) is 6.26. The number of sulfone groups is 1. The number of allylic oxidation sites excluding steroid dienone is 3. The van der Waals surface area contributed by atoms with Crippen LogP contribution < -0.4 is 0 Å². The van der Waals surface area contributed by atoms with Gasteiger partial charge in [0.15, 0.2) is 0 Å². The molecule has 0 saturated heterocycles. The molecule has 106 valence electrons. The van der Waals surface area contributed by atoms with E-state index in [1.165, 1.54) is 7.11 Å². The Bertz CT molecular complexity index is 669. The first-order valence-corrected chi connectivity index (χ1v) is 7.74. The summed E-state index contributed by atoms with van der Waals surface area (Å²) in [6.07, 6.45) is 3.53. The molecule has 0 heterocycles. The van der Waals surface area contributed by atoms with E-state index >= 15 is 0 Å². The van der Waals surface area contributed by atoms with Gasteiger partial charge in [-0.3, -0.25) is 0 Å². The average Bonchev–Trinajstić information content (AvgIpc) is 2.47. The van der Waals surface area contributed by atoms with E-state index in [-0.39, 0.29) is 17.2 Å². The zero-order valence-corrected chi connectivity index (χ0v) is 12.2. The molecule has 0 N–H and O–H groups in total. The summed E-state index contributed by atoms with van der Waals surface area (Å²) in [5, 5.41) is 0. The van der Waals surface area contributed by atoms with Crippen LogP contribution in [0.3, 0.4) is 0 Å². The van der Waals surface area contributed by atoms with Crippen molar-refractivity contribution in [2.75, 3.05) is 7.11 Å². The van der Waals surface area contributed by atoms with E-state index in [4.69, 9.17) is 0 Å². The molecular formula is C15H16O4S. The molecule has 0 aromatic heterocycles. The van der Waals surface area contributed by atoms with Gasteiger partial charge in [-0.05, 0) is 18.6 Å². The van der Waals surface area contributed by atoms with E-state index in [1.807, 2.05) is 0 Å². The third-order valence-electron chi connectivity index (χ3n) is 3.23. The minimum absolute atomic E-state index is 0.271. The third kappa shape index (κ3) is 2.67. The lowest BCUT2D eigenvalue weighted by Gasteiger charge is -2.19. The summed E-state index contributed by atoms with van der Waals surface area (Å²) in [4.78, 5) is 12.1. The van der Waals surface area contributed by atoms with E-state index in [2.05, 4.69) is 4.74 Å². The van der Waals surface area contributed by atoms with Gasteiger partial charge in [-0.1, -0.05) is 37.3 Å². The molecule has 0 spiro atoms. The third-order valence-corrected chi connectivity index (χ3v) is 5.29. The normalized spacial score (nSPS) is 19.0. The topological polar surface area (TPSA) is 60.4 Å². The lowest BCUT2D eigenvalue weighted by Crippen LogP contribution is -2.16. The Balaban J connectivity index is 2.33. The molecule has 5 heteroatoms. The standard InChI is InChI=1S/C15H16O4S/c1-11-10-12(15(16)19-2)8-9-14(11)20(17,18)13-6-4-3-5-7-13/h3-7,9-11H,8H2,1-2H3/t11-/m0/s1. The summed E-state index contributed by atoms with van der Waals surface area (Å²) in [6.45, 7) is 1.76. The number of esters is 1. The Labute approximate surface area is 118 Å². The molecule has 1 aromatic rings. The van der Waals surface area contributed by atoms with Crippen LogP contribution >= 0.6 is 0 Å². The van der Waals surface area contributed by atoms with Crippen LogP contribution in [0.5, 0.6) is 0 Å². The highest BCUT2D eigenvalue weighted by Crippen LogP contribution is 2.31. The molecule has 1 aliphatic carbocycles. The maximum Gasteiger partial charge on any atom is 0.333 e. The molecule has 0 bridgehead atoms. The summed E-state index contributed by atoms with van der Waals surface area (Å²) in [5.41, 5.74) is 0.493. The van der Waals surface area contributed by atoms with Gasteiger partial charge in [-0.15, -0.1) is 0 Å². The van der Waals surface area contributed by atoms with Crippen molar-refractivity contribution in [3.05, 3.63) is 53.0 Å². The Morgan fingerprint density at radius 3 is 2.45 bits per heavy atom. The van der Waals surface area contributed by atoms with Crippen LogP contribution in [-0.4, -0.2) is 21.5 Å². The van der Waals surface area contributed by atoms with Gasteiger partial charge >= 0.3 is 5.97 Å². The summed E-state index contributed by atoms with van der Waals surface area (Å²) in [5.74, 6) is -0.757. The first-order chi connectivity index (χ1) is 9.46. The summed E-state index contributed by atoms with van der Waals surface area (Å²) < 4.78 is 29.7. The van der Waals surface area contributed by atoms with E-state index in [0.29, 0.717) is 10.5 Å². The van der Waals surface area contributed by atoms with Gasteiger partial charge in [0.2, 0.25) is 9.84 Å². The van der Waals surface area contributed by atoms with Gasteiger partial charge < -0.3 is 4.74 Å². The summed E-state index contributed by atoms with van der Waals surface area (Å²) >= 11 is 0. The first kappa shape index (κ1) is 14.5. The van der Waals surface area contributed by atoms with E-state index in [1.54, 1.807) is 49.4 Å². The smallest absolute Gasteiger partial charge is 0.333 e. The van der Waals surface area contributed by atoms with Gasteiger partial charge in [0, 0.05) is 11.5 Å². The van der Waals surface area contributed by atoms with Gasteiger partial charge in [0.25, 0.3) is 0 Å². The van der Waals surface area contributed by atoms with Crippen molar-refractivity contribution in [3.8, 4) is 0 Å². The molecule has 0 amide bonds. The predicted molar refractivity (Wildman–Crippen MR) is 75.6 cm³/mol.